The summed E-state index contributed by atoms with van der Waals surface area (Å²) in [5.41, 5.74) is 0. The maximum Gasteiger partial charge on any atom is 0.312 e. The molecule has 2 heterocycles. The summed E-state index contributed by atoms with van der Waals surface area (Å²) in [5.74, 6) is -0.175. The van der Waals surface area contributed by atoms with Crippen LogP contribution in [0.15, 0.2) is 5.10 Å². The molecule has 0 aromatic carbocycles. The first-order chi connectivity index (χ1) is 6.58. The average molecular weight is 214 g/mol. The van der Waals surface area contributed by atoms with Gasteiger partial charge in [-0.25, -0.2) is 0 Å². The fraction of sp³-hybridized carbons (Fsp3) is 0.778. The first-order valence-electron chi connectivity index (χ1n) is 4.67. The number of carbonyl (C=O) groups is 1. The highest BCUT2D eigenvalue weighted by Gasteiger charge is 2.53. The van der Waals surface area contributed by atoms with Crippen molar-refractivity contribution in [2.45, 2.75) is 25.1 Å². The van der Waals surface area contributed by atoms with Crippen molar-refractivity contribution in [3.05, 3.63) is 0 Å². The summed E-state index contributed by atoms with van der Waals surface area (Å²) in [6.45, 7) is 4.88. The van der Waals surface area contributed by atoms with Crippen molar-refractivity contribution < 1.29 is 9.53 Å². The van der Waals surface area contributed by atoms with Crippen molar-refractivity contribution in [2.24, 2.45) is 11.0 Å². The van der Waals surface area contributed by atoms with Crippen molar-refractivity contribution in [3.8, 4) is 0 Å². The summed E-state index contributed by atoms with van der Waals surface area (Å²) in [4.78, 5) is 11.3. The first-order valence-corrected chi connectivity index (χ1v) is 5.49. The number of hydrogen-bond acceptors (Lipinski definition) is 5. The van der Waals surface area contributed by atoms with E-state index in [1.54, 1.807) is 11.8 Å². The first kappa shape index (κ1) is 9.83. The van der Waals surface area contributed by atoms with Crippen LogP contribution in [0.2, 0.25) is 0 Å². The van der Waals surface area contributed by atoms with Gasteiger partial charge in [-0.1, -0.05) is 11.8 Å². The molecule has 78 valence electrons. The van der Waals surface area contributed by atoms with Crippen molar-refractivity contribution in [3.63, 3.8) is 0 Å². The lowest BCUT2D eigenvalue weighted by atomic mass is 10.0. The standard InChI is InChI=1S/C9H14N2O2S/c1-6-10-11-5-4-7(8(12)13-3)9(11,2)14-6/h7H,4-5H2,1-3H3/t7-,9-/m0/s1. The van der Waals surface area contributed by atoms with Gasteiger partial charge in [0.1, 0.15) is 4.87 Å². The van der Waals surface area contributed by atoms with Gasteiger partial charge in [0.05, 0.1) is 18.1 Å². The van der Waals surface area contributed by atoms with Gasteiger partial charge in [0, 0.05) is 6.54 Å². The molecule has 0 N–H and O–H groups in total. The van der Waals surface area contributed by atoms with Gasteiger partial charge in [-0.2, -0.15) is 5.10 Å². The van der Waals surface area contributed by atoms with Crippen LogP contribution in [0.3, 0.4) is 0 Å². The zero-order chi connectivity index (χ0) is 10.3. The Morgan fingerprint density at radius 2 is 2.50 bits per heavy atom. The van der Waals surface area contributed by atoms with E-state index in [0.29, 0.717) is 0 Å². The Bertz CT molecular complexity index is 305. The number of hydrazone groups is 1. The molecule has 0 radical (unpaired) electrons. The second-order valence-electron chi connectivity index (χ2n) is 3.76. The number of nitrogens with zero attached hydrogens (tertiary/aromatic N) is 2. The number of rotatable bonds is 1. The van der Waals surface area contributed by atoms with E-state index in [1.807, 2.05) is 11.9 Å². The van der Waals surface area contributed by atoms with E-state index in [0.717, 1.165) is 18.0 Å². The van der Waals surface area contributed by atoms with Crippen molar-refractivity contribution in [1.29, 1.82) is 0 Å². The summed E-state index contributed by atoms with van der Waals surface area (Å²) in [5, 5.41) is 7.43. The van der Waals surface area contributed by atoms with Crippen LogP contribution >= 0.6 is 11.8 Å². The van der Waals surface area contributed by atoms with Gasteiger partial charge in [-0.05, 0) is 20.3 Å². The Labute approximate surface area is 87.7 Å². The van der Waals surface area contributed by atoms with Crippen LogP contribution in [0, 0.1) is 5.92 Å². The molecule has 0 saturated carbocycles. The highest BCUT2D eigenvalue weighted by molar-refractivity contribution is 8.15. The van der Waals surface area contributed by atoms with Crippen LogP contribution in [0.1, 0.15) is 20.3 Å². The number of fused-ring (bicyclic) bond motifs is 1. The molecule has 2 aliphatic rings. The molecule has 2 rings (SSSR count). The molecule has 0 unspecified atom stereocenters. The predicted octanol–water partition coefficient (Wildman–Crippen LogP) is 1.28. The van der Waals surface area contributed by atoms with Crippen molar-refractivity contribution in [2.75, 3.05) is 13.7 Å². The zero-order valence-corrected chi connectivity index (χ0v) is 9.43. The van der Waals surface area contributed by atoms with Crippen molar-refractivity contribution in [1.82, 2.24) is 5.01 Å². The lowest BCUT2D eigenvalue weighted by Crippen LogP contribution is -2.39. The van der Waals surface area contributed by atoms with E-state index in [1.165, 1.54) is 7.11 Å². The molecule has 1 saturated heterocycles. The molecule has 5 heteroatoms. The topological polar surface area (TPSA) is 41.9 Å². The third kappa shape index (κ3) is 1.22. The molecule has 1 fully saturated rings. The van der Waals surface area contributed by atoms with Crippen LogP contribution < -0.4 is 0 Å². The lowest BCUT2D eigenvalue weighted by Gasteiger charge is -2.29. The van der Waals surface area contributed by atoms with Gasteiger partial charge in [0.15, 0.2) is 0 Å². The Balaban J connectivity index is 2.22. The molecule has 4 nitrogen and oxygen atoms in total. The molecule has 0 aromatic heterocycles. The number of esters is 1. The average Bonchev–Trinajstić information content (AvgIpc) is 2.56. The number of thioether (sulfide) groups is 1. The number of ether oxygens (including phenoxy) is 1. The second kappa shape index (κ2) is 3.15. The van der Waals surface area contributed by atoms with Crippen LogP contribution in [-0.2, 0) is 9.53 Å². The van der Waals surface area contributed by atoms with Crippen LogP contribution in [0.25, 0.3) is 0 Å². The molecule has 0 aliphatic carbocycles. The van der Waals surface area contributed by atoms with E-state index >= 15 is 0 Å². The van der Waals surface area contributed by atoms with E-state index < -0.39 is 0 Å². The molecule has 0 spiro atoms. The van der Waals surface area contributed by atoms with E-state index in [2.05, 4.69) is 12.0 Å². The van der Waals surface area contributed by atoms with Gasteiger partial charge in [0.25, 0.3) is 0 Å². The maximum absolute atomic E-state index is 11.6. The normalized spacial score (nSPS) is 35.5. The monoisotopic (exact) mass is 214 g/mol. The molecule has 2 aliphatic heterocycles. The van der Waals surface area contributed by atoms with Gasteiger partial charge in [-0.3, -0.25) is 9.80 Å². The minimum atomic E-state index is -0.211. The minimum Gasteiger partial charge on any atom is -0.469 e. The Hall–Kier alpha value is -0.710. The van der Waals surface area contributed by atoms with Gasteiger partial charge in [-0.15, -0.1) is 0 Å². The van der Waals surface area contributed by atoms with E-state index in [9.17, 15) is 4.79 Å². The highest BCUT2D eigenvalue weighted by atomic mass is 32.2. The largest absolute Gasteiger partial charge is 0.469 e. The number of hydrogen-bond donors (Lipinski definition) is 0. The Kier molecular flexibility index (Phi) is 2.21. The van der Waals surface area contributed by atoms with Crippen LogP contribution in [-0.4, -0.2) is 34.5 Å². The third-order valence-corrected chi connectivity index (χ3v) is 4.18. The lowest BCUT2D eigenvalue weighted by molar-refractivity contribution is -0.146. The molecule has 14 heavy (non-hydrogen) atoms. The Morgan fingerprint density at radius 1 is 1.79 bits per heavy atom. The molecule has 0 bridgehead atoms. The maximum atomic E-state index is 11.6. The number of methoxy groups -OCH3 is 1. The van der Waals surface area contributed by atoms with Crippen molar-refractivity contribution >= 4 is 22.8 Å². The molecule has 0 amide bonds. The number of carbonyl (C=O) groups excluding carboxylic acids is 1. The summed E-state index contributed by atoms with van der Waals surface area (Å²) >= 11 is 1.67. The van der Waals surface area contributed by atoms with Gasteiger partial charge >= 0.3 is 5.97 Å². The van der Waals surface area contributed by atoms with Gasteiger partial charge < -0.3 is 4.74 Å². The quantitative estimate of drug-likeness (QED) is 0.617. The fourth-order valence-electron chi connectivity index (χ4n) is 2.16. The highest BCUT2D eigenvalue weighted by Crippen LogP contribution is 2.48. The predicted molar refractivity (Wildman–Crippen MR) is 55.9 cm³/mol. The second-order valence-corrected chi connectivity index (χ2v) is 5.38. The molecule has 0 aromatic rings. The molecular weight excluding hydrogens is 200 g/mol. The zero-order valence-electron chi connectivity index (χ0n) is 8.61. The smallest absolute Gasteiger partial charge is 0.312 e. The van der Waals surface area contributed by atoms with E-state index in [4.69, 9.17) is 4.74 Å². The van der Waals surface area contributed by atoms with E-state index in [-0.39, 0.29) is 16.8 Å². The fourth-order valence-corrected chi connectivity index (χ4v) is 3.49. The third-order valence-electron chi connectivity index (χ3n) is 2.89. The summed E-state index contributed by atoms with van der Waals surface area (Å²) in [6, 6.07) is 0. The van der Waals surface area contributed by atoms with Gasteiger partial charge in [0.2, 0.25) is 0 Å². The molecular formula is C9H14N2O2S. The Morgan fingerprint density at radius 3 is 3.14 bits per heavy atom. The SMILES string of the molecule is COC(=O)[C@@H]1CCN2N=C(C)S[C@@]12C. The summed E-state index contributed by atoms with van der Waals surface area (Å²) in [7, 11) is 1.45. The molecule has 2 atom stereocenters. The van der Waals surface area contributed by atoms with Crippen LogP contribution in [0.4, 0.5) is 0 Å². The summed E-state index contributed by atoms with van der Waals surface area (Å²) < 4.78 is 4.81. The summed E-state index contributed by atoms with van der Waals surface area (Å²) in [6.07, 6.45) is 0.840. The minimum absolute atomic E-state index is 0.0568. The van der Waals surface area contributed by atoms with Crippen LogP contribution in [0.5, 0.6) is 0 Å².